The first kappa shape index (κ1) is 13.0. The first-order valence-electron chi connectivity index (χ1n) is 6.04. The highest BCUT2D eigenvalue weighted by atomic mass is 32.1. The van der Waals surface area contributed by atoms with Crippen molar-refractivity contribution in [3.05, 3.63) is 15.6 Å². The average molecular weight is 267 g/mol. The summed E-state index contributed by atoms with van der Waals surface area (Å²) in [7, 11) is 0. The fourth-order valence-corrected chi connectivity index (χ4v) is 2.65. The summed E-state index contributed by atoms with van der Waals surface area (Å²) in [5, 5.41) is 7.72. The normalized spacial score (nSPS) is 18.4. The maximum atomic E-state index is 11.9. The minimum Gasteiger partial charge on any atom is -0.390 e. The second-order valence-corrected chi connectivity index (χ2v) is 5.70. The Morgan fingerprint density at radius 2 is 2.33 bits per heavy atom. The lowest BCUT2D eigenvalue weighted by atomic mass is 10.1. The first-order chi connectivity index (χ1) is 8.60. The lowest BCUT2D eigenvalue weighted by Crippen LogP contribution is -2.32. The van der Waals surface area contributed by atoms with Gasteiger partial charge in [0.2, 0.25) is 0 Å². The Balaban J connectivity index is 1.85. The van der Waals surface area contributed by atoms with E-state index in [4.69, 9.17) is 4.84 Å². The van der Waals surface area contributed by atoms with Crippen LogP contribution in [0, 0.1) is 13.8 Å². The third-order valence-corrected chi connectivity index (χ3v) is 3.70. The molecule has 2 heterocycles. The Morgan fingerprint density at radius 3 is 2.89 bits per heavy atom. The van der Waals surface area contributed by atoms with Crippen LogP contribution in [0.5, 0.6) is 0 Å². The summed E-state index contributed by atoms with van der Waals surface area (Å²) in [5.74, 6) is -0.134. The predicted octanol–water partition coefficient (Wildman–Crippen LogP) is 2.04. The van der Waals surface area contributed by atoms with Gasteiger partial charge in [-0.1, -0.05) is 12.1 Å². The number of aryl methyl sites for hydroxylation is 2. The third kappa shape index (κ3) is 2.87. The molecule has 0 saturated heterocycles. The molecule has 0 radical (unpaired) electrons. The summed E-state index contributed by atoms with van der Waals surface area (Å²) in [6.07, 6.45) is 1.66. The molecule has 1 aliphatic rings. The Labute approximate surface area is 110 Å². The van der Waals surface area contributed by atoms with E-state index in [9.17, 15) is 4.79 Å². The minimum absolute atomic E-state index is 0.0380. The van der Waals surface area contributed by atoms with Crippen LogP contribution in [0.25, 0.3) is 0 Å². The number of rotatable bonds is 4. The molecule has 0 saturated carbocycles. The molecule has 1 atom stereocenters. The molecule has 5 nitrogen and oxygen atoms in total. The number of nitrogens with zero attached hydrogens (tertiary/aromatic N) is 2. The number of oxime groups is 1. The van der Waals surface area contributed by atoms with Gasteiger partial charge >= 0.3 is 0 Å². The van der Waals surface area contributed by atoms with Crippen LogP contribution in [-0.2, 0) is 4.84 Å². The van der Waals surface area contributed by atoms with Crippen molar-refractivity contribution in [2.75, 3.05) is 6.54 Å². The molecule has 1 N–H and O–H groups in total. The number of carbonyl (C=O) groups excluding carboxylic acids is 1. The van der Waals surface area contributed by atoms with Crippen molar-refractivity contribution in [2.24, 2.45) is 5.16 Å². The highest BCUT2D eigenvalue weighted by Crippen LogP contribution is 2.16. The number of hydrogen-bond acceptors (Lipinski definition) is 5. The zero-order valence-corrected chi connectivity index (χ0v) is 11.6. The number of thiazole rings is 1. The van der Waals surface area contributed by atoms with E-state index in [0.29, 0.717) is 12.2 Å². The van der Waals surface area contributed by atoms with E-state index in [-0.39, 0.29) is 12.0 Å². The number of carbonyl (C=O) groups is 1. The molecular formula is C12H17N3O2S. The lowest BCUT2D eigenvalue weighted by molar-refractivity contribution is 0.0751. The highest BCUT2D eigenvalue weighted by Gasteiger charge is 2.21. The number of aromatic nitrogens is 1. The van der Waals surface area contributed by atoms with Crippen LogP contribution in [0.15, 0.2) is 5.16 Å². The molecule has 18 heavy (non-hydrogen) atoms. The fraction of sp³-hybridized carbons (Fsp3) is 0.583. The largest absolute Gasteiger partial charge is 0.390 e. The highest BCUT2D eigenvalue weighted by molar-refractivity contribution is 7.11. The SMILES string of the molecule is CCC1=NO[C@H](CNC(=O)c2nc(C)sc2C)C1. The minimum atomic E-state index is -0.134. The molecule has 0 aliphatic carbocycles. The lowest BCUT2D eigenvalue weighted by Gasteiger charge is -2.09. The van der Waals surface area contributed by atoms with Gasteiger partial charge in [-0.15, -0.1) is 11.3 Å². The molecule has 1 aliphatic heterocycles. The van der Waals surface area contributed by atoms with Gasteiger partial charge in [-0.25, -0.2) is 4.98 Å². The topological polar surface area (TPSA) is 63.6 Å². The Kier molecular flexibility index (Phi) is 3.96. The van der Waals surface area contributed by atoms with Crippen LogP contribution >= 0.6 is 11.3 Å². The molecule has 0 aromatic carbocycles. The average Bonchev–Trinajstić information content (AvgIpc) is 2.92. The van der Waals surface area contributed by atoms with Gasteiger partial charge in [0.05, 0.1) is 17.3 Å². The zero-order valence-electron chi connectivity index (χ0n) is 10.8. The van der Waals surface area contributed by atoms with Gasteiger partial charge in [0.1, 0.15) is 11.8 Å². The van der Waals surface area contributed by atoms with Gasteiger partial charge in [0.15, 0.2) is 0 Å². The van der Waals surface area contributed by atoms with Crippen molar-refractivity contribution in [1.82, 2.24) is 10.3 Å². The zero-order chi connectivity index (χ0) is 13.1. The van der Waals surface area contributed by atoms with E-state index in [1.807, 2.05) is 20.8 Å². The van der Waals surface area contributed by atoms with Gasteiger partial charge in [-0.2, -0.15) is 0 Å². The maximum absolute atomic E-state index is 11.9. The molecule has 0 spiro atoms. The molecule has 0 fully saturated rings. The standard InChI is InChI=1S/C12H17N3O2S/c1-4-9-5-10(17-15-9)6-13-12(16)11-7(2)18-8(3)14-11/h10H,4-6H2,1-3H3,(H,13,16)/t10-/m0/s1. The van der Waals surface area contributed by atoms with E-state index in [0.717, 1.165) is 28.4 Å². The van der Waals surface area contributed by atoms with Crippen LogP contribution in [-0.4, -0.2) is 29.3 Å². The van der Waals surface area contributed by atoms with Gasteiger partial charge in [0, 0.05) is 11.3 Å². The van der Waals surface area contributed by atoms with E-state index in [2.05, 4.69) is 15.5 Å². The monoisotopic (exact) mass is 267 g/mol. The molecule has 1 aromatic heterocycles. The predicted molar refractivity (Wildman–Crippen MR) is 71.1 cm³/mol. The third-order valence-electron chi connectivity index (χ3n) is 2.81. The molecule has 1 amide bonds. The van der Waals surface area contributed by atoms with Crippen LogP contribution in [0.2, 0.25) is 0 Å². The van der Waals surface area contributed by atoms with Crippen molar-refractivity contribution in [3.63, 3.8) is 0 Å². The Hall–Kier alpha value is -1.43. The van der Waals surface area contributed by atoms with Crippen LogP contribution in [0.3, 0.4) is 0 Å². The summed E-state index contributed by atoms with van der Waals surface area (Å²) < 4.78 is 0. The maximum Gasteiger partial charge on any atom is 0.271 e. The molecule has 0 bridgehead atoms. The van der Waals surface area contributed by atoms with Crippen LogP contribution in [0.4, 0.5) is 0 Å². The summed E-state index contributed by atoms with van der Waals surface area (Å²) in [6, 6.07) is 0. The van der Waals surface area contributed by atoms with Crippen LogP contribution in [0.1, 0.15) is 40.1 Å². The summed E-state index contributed by atoms with van der Waals surface area (Å²) >= 11 is 1.53. The molecular weight excluding hydrogens is 250 g/mol. The van der Waals surface area contributed by atoms with E-state index in [1.165, 1.54) is 11.3 Å². The van der Waals surface area contributed by atoms with Gasteiger partial charge in [-0.05, 0) is 20.3 Å². The molecule has 0 unspecified atom stereocenters. The molecule has 6 heteroatoms. The Bertz CT molecular complexity index is 482. The first-order valence-corrected chi connectivity index (χ1v) is 6.85. The second-order valence-electron chi connectivity index (χ2n) is 4.29. The summed E-state index contributed by atoms with van der Waals surface area (Å²) in [4.78, 5) is 22.3. The number of hydrogen-bond donors (Lipinski definition) is 1. The van der Waals surface area contributed by atoms with Crippen molar-refractivity contribution in [3.8, 4) is 0 Å². The van der Waals surface area contributed by atoms with Gasteiger partial charge < -0.3 is 10.2 Å². The van der Waals surface area contributed by atoms with E-state index in [1.54, 1.807) is 0 Å². The van der Waals surface area contributed by atoms with E-state index < -0.39 is 0 Å². The fourth-order valence-electron chi connectivity index (χ4n) is 1.83. The molecule has 1 aromatic rings. The van der Waals surface area contributed by atoms with Gasteiger partial charge in [0.25, 0.3) is 5.91 Å². The van der Waals surface area contributed by atoms with Crippen molar-refractivity contribution in [1.29, 1.82) is 0 Å². The summed E-state index contributed by atoms with van der Waals surface area (Å²) in [5.41, 5.74) is 1.57. The van der Waals surface area contributed by atoms with Gasteiger partial charge in [-0.3, -0.25) is 4.79 Å². The number of nitrogens with one attached hydrogen (secondary N) is 1. The smallest absolute Gasteiger partial charge is 0.271 e. The van der Waals surface area contributed by atoms with Crippen LogP contribution < -0.4 is 5.32 Å². The second kappa shape index (κ2) is 5.48. The van der Waals surface area contributed by atoms with E-state index >= 15 is 0 Å². The quantitative estimate of drug-likeness (QED) is 0.908. The Morgan fingerprint density at radius 1 is 1.56 bits per heavy atom. The summed E-state index contributed by atoms with van der Waals surface area (Å²) in [6.45, 7) is 6.33. The van der Waals surface area contributed by atoms with Crippen molar-refractivity contribution in [2.45, 2.75) is 39.7 Å². The van der Waals surface area contributed by atoms with Crippen molar-refractivity contribution < 1.29 is 9.63 Å². The van der Waals surface area contributed by atoms with Crippen molar-refractivity contribution >= 4 is 23.0 Å². The molecule has 2 rings (SSSR count). The number of amides is 1. The molecule has 98 valence electrons.